The van der Waals surface area contributed by atoms with Gasteiger partial charge in [-0.15, -0.1) is 0 Å². The molecule has 1 heterocycles. The number of nitrogens with two attached hydrogens (primary N) is 3. The number of aliphatic hydroxyl groups is 2. The van der Waals surface area contributed by atoms with Gasteiger partial charge in [0.1, 0.15) is 41.3 Å². The van der Waals surface area contributed by atoms with Gasteiger partial charge in [0.2, 0.25) is 29.5 Å². The quantitative estimate of drug-likeness (QED) is 0.0456. The van der Waals surface area contributed by atoms with E-state index in [0.717, 1.165) is 0 Å². The molecule has 21 nitrogen and oxygen atoms in total. The molecular formula is C44H67N9O12. The van der Waals surface area contributed by atoms with E-state index in [1.807, 2.05) is 0 Å². The van der Waals surface area contributed by atoms with E-state index in [9.17, 15) is 58.2 Å². The molecule has 8 atom stereocenters. The number of ketones is 5. The first-order chi connectivity index (χ1) is 30.7. The molecule has 1 aromatic rings. The lowest BCUT2D eigenvalue weighted by Crippen LogP contribution is -2.58. The minimum Gasteiger partial charge on any atom is -0.393 e. The smallest absolute Gasteiger partial charge is 0.243 e. The molecule has 13 N–H and O–H groups in total. The first-order valence-electron chi connectivity index (χ1n) is 21.9. The maximum absolute atomic E-state index is 14.0. The van der Waals surface area contributed by atoms with E-state index in [1.165, 1.54) is 20.8 Å². The molecule has 0 aliphatic carbocycles. The van der Waals surface area contributed by atoms with Crippen LogP contribution < -0.4 is 43.8 Å². The number of hydrogen-bond acceptors (Lipinski definition) is 14. The molecule has 5 amide bonds. The van der Waals surface area contributed by atoms with Crippen molar-refractivity contribution in [2.45, 2.75) is 128 Å². The Hall–Kier alpha value is -5.93. The summed E-state index contributed by atoms with van der Waals surface area (Å²) in [5.41, 5.74) is 16.9. The van der Waals surface area contributed by atoms with Gasteiger partial charge in [-0.3, -0.25) is 52.9 Å². The van der Waals surface area contributed by atoms with Crippen molar-refractivity contribution in [2.75, 3.05) is 26.2 Å². The molecule has 1 aliphatic heterocycles. The summed E-state index contributed by atoms with van der Waals surface area (Å²) in [4.78, 5) is 137. The van der Waals surface area contributed by atoms with Gasteiger partial charge in [-0.2, -0.15) is 0 Å². The third kappa shape index (κ3) is 21.1. The zero-order valence-corrected chi connectivity index (χ0v) is 37.5. The number of amides is 5. The van der Waals surface area contributed by atoms with Gasteiger partial charge >= 0.3 is 0 Å². The number of aliphatic imine (C=N–C) groups is 1. The number of benzene rings is 1. The molecule has 65 heavy (non-hydrogen) atoms. The SMILES string of the molecule is CC(=O)[C@@H](CC(=O)[C@@H]1CCCCNC(=O)C[C@H](NC(=O)CCC(=O)CN)C(=O)N[C@@H](CCCN=C(N)N)C(=O)N[C@@H](Cc2ccccc2)C(=O)NCC(=O)C[C@@H]([C@@H](C)O)C(=O)C1)[C@@H](C)O. The first kappa shape index (κ1) is 55.2. The van der Waals surface area contributed by atoms with Crippen LogP contribution in [0.1, 0.15) is 97.0 Å². The summed E-state index contributed by atoms with van der Waals surface area (Å²) in [6.07, 6.45) is -4.36. The molecule has 0 aromatic heterocycles. The van der Waals surface area contributed by atoms with E-state index < -0.39 is 132 Å². The van der Waals surface area contributed by atoms with Gasteiger partial charge in [0.05, 0.1) is 37.6 Å². The summed E-state index contributed by atoms with van der Waals surface area (Å²) in [7, 11) is 0. The fourth-order valence-electron chi connectivity index (χ4n) is 7.20. The average Bonchev–Trinajstić information content (AvgIpc) is 3.24. The van der Waals surface area contributed by atoms with Crippen LogP contribution in [0.25, 0.3) is 0 Å². The number of aliphatic hydroxyl groups excluding tert-OH is 2. The predicted molar refractivity (Wildman–Crippen MR) is 237 cm³/mol. The van der Waals surface area contributed by atoms with Gasteiger partial charge in [0.25, 0.3) is 0 Å². The third-order valence-corrected chi connectivity index (χ3v) is 11.0. The highest BCUT2D eigenvalue weighted by Crippen LogP contribution is 2.25. The van der Waals surface area contributed by atoms with Gasteiger partial charge in [0, 0.05) is 63.5 Å². The number of guanidine groups is 1. The summed E-state index contributed by atoms with van der Waals surface area (Å²) in [5.74, 6) is -10.2. The van der Waals surface area contributed by atoms with Crippen molar-refractivity contribution in [3.8, 4) is 0 Å². The normalized spacial score (nSPS) is 22.7. The van der Waals surface area contributed by atoms with Gasteiger partial charge in [-0.05, 0) is 52.0 Å². The van der Waals surface area contributed by atoms with Crippen molar-refractivity contribution < 1.29 is 58.2 Å². The van der Waals surface area contributed by atoms with Crippen LogP contribution >= 0.6 is 0 Å². The Labute approximate surface area is 378 Å². The molecule has 1 fully saturated rings. The maximum atomic E-state index is 14.0. The van der Waals surface area contributed by atoms with Crippen molar-refractivity contribution in [1.82, 2.24) is 26.6 Å². The van der Waals surface area contributed by atoms with Crippen LogP contribution in [0.4, 0.5) is 0 Å². The van der Waals surface area contributed by atoms with E-state index in [1.54, 1.807) is 30.3 Å². The summed E-state index contributed by atoms with van der Waals surface area (Å²) >= 11 is 0. The Kier molecular flexibility index (Phi) is 24.4. The third-order valence-electron chi connectivity index (χ3n) is 11.0. The second-order valence-corrected chi connectivity index (χ2v) is 16.5. The Balaban J connectivity index is 2.58. The van der Waals surface area contributed by atoms with Crippen LogP contribution in [0.5, 0.6) is 0 Å². The largest absolute Gasteiger partial charge is 0.393 e. The highest BCUT2D eigenvalue weighted by Gasteiger charge is 2.35. The first-order valence-corrected chi connectivity index (χ1v) is 21.9. The Morgan fingerprint density at radius 2 is 1.54 bits per heavy atom. The topological polar surface area (TPSA) is 362 Å². The zero-order chi connectivity index (χ0) is 48.6. The molecule has 2 rings (SSSR count). The molecule has 21 heteroatoms. The highest BCUT2D eigenvalue weighted by atomic mass is 16.3. The molecule has 360 valence electrons. The van der Waals surface area contributed by atoms with Crippen LogP contribution in [0.3, 0.4) is 0 Å². The molecule has 1 aliphatic rings. The van der Waals surface area contributed by atoms with Crippen LogP contribution in [0, 0.1) is 17.8 Å². The van der Waals surface area contributed by atoms with Crippen molar-refractivity contribution in [3.63, 3.8) is 0 Å². The Morgan fingerprint density at radius 3 is 2.15 bits per heavy atom. The molecule has 0 saturated carbocycles. The van der Waals surface area contributed by atoms with E-state index in [4.69, 9.17) is 17.2 Å². The molecule has 0 bridgehead atoms. The number of carbonyl (C=O) groups is 10. The van der Waals surface area contributed by atoms with E-state index in [0.29, 0.717) is 5.56 Å². The van der Waals surface area contributed by atoms with Crippen LogP contribution in [0.2, 0.25) is 0 Å². The Bertz CT molecular complexity index is 1850. The molecule has 0 unspecified atom stereocenters. The number of nitrogens with zero attached hydrogens (tertiary/aromatic N) is 1. The van der Waals surface area contributed by atoms with E-state index >= 15 is 0 Å². The second-order valence-electron chi connectivity index (χ2n) is 16.5. The molecule has 1 aromatic carbocycles. The maximum Gasteiger partial charge on any atom is 0.243 e. The molecular weight excluding hydrogens is 847 g/mol. The van der Waals surface area contributed by atoms with Crippen LogP contribution in [0.15, 0.2) is 35.3 Å². The number of rotatable bonds is 17. The standard InChI is InChI=1S/C44H67N9O12/c1-25(54)32(26(2)55)21-37(59)29-12-7-8-16-48-40(62)22-36(51-39(61)15-14-30(57)23-45)43(65)52-34(13-9-17-49-44(46)47)42(64)53-35(18-28-10-5-4-6-11-28)41(63)50-24-31(58)20-33(27(3)56)38(60)19-29/h4-6,10-11,25,27,29,32-36,54,56H,7-9,12-24,45H2,1-3H3,(H,48,62)(H,50,63)(H,51,61)(H,52,65)(H,53,64)(H4,46,47,49)/t25-,27-,29-,32+,33+,34+,35+,36+/m1/s1. The average molecular weight is 914 g/mol. The van der Waals surface area contributed by atoms with E-state index in [-0.39, 0.29) is 83.4 Å². The van der Waals surface area contributed by atoms with Crippen molar-refractivity contribution >= 4 is 64.4 Å². The minimum absolute atomic E-state index is 0.0230. The second kappa shape index (κ2) is 28.8. The molecule has 0 radical (unpaired) electrons. The number of hydrogen-bond donors (Lipinski definition) is 10. The summed E-state index contributed by atoms with van der Waals surface area (Å²) in [6, 6.07) is 4.28. The number of carbonyl (C=O) groups excluding carboxylic acids is 10. The lowest BCUT2D eigenvalue weighted by Gasteiger charge is -2.25. The predicted octanol–water partition coefficient (Wildman–Crippen LogP) is -2.07. The zero-order valence-electron chi connectivity index (χ0n) is 37.5. The van der Waals surface area contributed by atoms with Gasteiger partial charge in [0.15, 0.2) is 11.7 Å². The van der Waals surface area contributed by atoms with Crippen molar-refractivity contribution in [2.24, 2.45) is 39.9 Å². The van der Waals surface area contributed by atoms with Crippen LogP contribution in [-0.4, -0.2) is 131 Å². The number of Topliss-reactive ketones (excluding diaryl/α,β-unsaturated/α-hetero) is 5. The monoisotopic (exact) mass is 913 g/mol. The van der Waals surface area contributed by atoms with E-state index in [2.05, 4.69) is 31.6 Å². The molecule has 0 spiro atoms. The minimum atomic E-state index is -1.56. The summed E-state index contributed by atoms with van der Waals surface area (Å²) in [5, 5.41) is 33.7. The number of nitrogens with one attached hydrogen (secondary N) is 5. The fraction of sp³-hybridized carbons (Fsp3) is 0.614. The Morgan fingerprint density at radius 1 is 0.862 bits per heavy atom. The fourth-order valence-corrected chi connectivity index (χ4v) is 7.20. The van der Waals surface area contributed by atoms with Crippen molar-refractivity contribution in [3.05, 3.63) is 35.9 Å². The lowest BCUT2D eigenvalue weighted by molar-refractivity contribution is -0.136. The highest BCUT2D eigenvalue weighted by molar-refractivity contribution is 5.98. The molecule has 1 saturated heterocycles. The van der Waals surface area contributed by atoms with Gasteiger partial charge in [-0.1, -0.05) is 36.8 Å². The van der Waals surface area contributed by atoms with Gasteiger partial charge in [-0.25, -0.2) is 0 Å². The summed E-state index contributed by atoms with van der Waals surface area (Å²) in [6.45, 7) is 3.07. The van der Waals surface area contributed by atoms with Crippen LogP contribution in [-0.2, 0) is 54.4 Å². The summed E-state index contributed by atoms with van der Waals surface area (Å²) < 4.78 is 0. The van der Waals surface area contributed by atoms with Crippen molar-refractivity contribution in [1.29, 1.82) is 0 Å². The lowest BCUT2D eigenvalue weighted by atomic mass is 9.81. The van der Waals surface area contributed by atoms with Gasteiger partial charge < -0.3 is 54.0 Å².